The van der Waals surface area contributed by atoms with E-state index in [4.69, 9.17) is 10.5 Å². The number of hydrogen-bond acceptors (Lipinski definition) is 3. The van der Waals surface area contributed by atoms with Gasteiger partial charge < -0.3 is 10.5 Å². The van der Waals surface area contributed by atoms with E-state index in [0.717, 1.165) is 12.1 Å². The first-order chi connectivity index (χ1) is 8.47. The van der Waals surface area contributed by atoms with Crippen LogP contribution >= 0.6 is 0 Å². The quantitative estimate of drug-likeness (QED) is 0.834. The molecule has 2 N–H and O–H groups in total. The van der Waals surface area contributed by atoms with Gasteiger partial charge in [-0.2, -0.15) is 13.2 Å². The summed E-state index contributed by atoms with van der Waals surface area (Å²) in [6, 6.07) is 7.89. The summed E-state index contributed by atoms with van der Waals surface area (Å²) in [4.78, 5) is 3.89. The van der Waals surface area contributed by atoms with Crippen LogP contribution in [0.15, 0.2) is 42.6 Å². The van der Waals surface area contributed by atoms with Crippen molar-refractivity contribution in [1.29, 1.82) is 0 Å². The number of nitrogens with zero attached hydrogens (tertiary/aromatic N) is 1. The summed E-state index contributed by atoms with van der Waals surface area (Å²) in [5, 5.41) is 0. The Hall–Kier alpha value is -2.24. The molecule has 0 atom stereocenters. The van der Waals surface area contributed by atoms with E-state index in [1.165, 1.54) is 12.3 Å². The lowest BCUT2D eigenvalue weighted by Gasteiger charge is -2.11. The minimum Gasteiger partial charge on any atom is -0.437 e. The number of rotatable bonds is 2. The molecule has 0 saturated carbocycles. The van der Waals surface area contributed by atoms with Gasteiger partial charge in [0.15, 0.2) is 5.75 Å². The van der Waals surface area contributed by atoms with Gasteiger partial charge in [0.25, 0.3) is 0 Å². The molecule has 6 heteroatoms. The average molecular weight is 254 g/mol. The van der Waals surface area contributed by atoms with Gasteiger partial charge in [0.05, 0.1) is 11.3 Å². The zero-order valence-corrected chi connectivity index (χ0v) is 9.11. The molecule has 0 aliphatic rings. The Bertz CT molecular complexity index is 541. The van der Waals surface area contributed by atoms with Gasteiger partial charge in [-0.1, -0.05) is 6.07 Å². The fourth-order valence-corrected chi connectivity index (χ4v) is 1.34. The van der Waals surface area contributed by atoms with Crippen molar-refractivity contribution in [2.45, 2.75) is 6.18 Å². The molecule has 2 rings (SSSR count). The van der Waals surface area contributed by atoms with Crippen molar-refractivity contribution in [3.05, 3.63) is 48.2 Å². The first kappa shape index (κ1) is 12.2. The number of ether oxygens (including phenoxy) is 1. The molecule has 0 unspecified atom stereocenters. The van der Waals surface area contributed by atoms with Crippen molar-refractivity contribution in [3.8, 4) is 11.6 Å². The predicted octanol–water partition coefficient (Wildman–Crippen LogP) is 3.47. The molecule has 94 valence electrons. The second-order valence-electron chi connectivity index (χ2n) is 3.52. The standard InChI is InChI=1S/C12H9F3N2O/c13-12(14,15)8-4-5-10(9(16)7-8)18-11-3-1-2-6-17-11/h1-7H,16H2. The van der Waals surface area contributed by atoms with Gasteiger partial charge in [-0.3, -0.25) is 0 Å². The minimum atomic E-state index is -4.42. The average Bonchev–Trinajstić information content (AvgIpc) is 2.32. The first-order valence-corrected chi connectivity index (χ1v) is 5.02. The molecule has 2 aromatic rings. The largest absolute Gasteiger partial charge is 0.437 e. The smallest absolute Gasteiger partial charge is 0.416 e. The maximum atomic E-state index is 12.4. The number of nitrogens with two attached hydrogens (primary N) is 1. The third kappa shape index (κ3) is 2.71. The molecule has 1 aromatic carbocycles. The van der Waals surface area contributed by atoms with E-state index < -0.39 is 11.7 Å². The summed E-state index contributed by atoms with van der Waals surface area (Å²) in [5.41, 5.74) is 4.61. The molecule has 0 spiro atoms. The maximum absolute atomic E-state index is 12.4. The Labute approximate surface area is 101 Å². The monoisotopic (exact) mass is 254 g/mol. The van der Waals surface area contributed by atoms with E-state index >= 15 is 0 Å². The van der Waals surface area contributed by atoms with Gasteiger partial charge in [-0.25, -0.2) is 4.98 Å². The summed E-state index contributed by atoms with van der Waals surface area (Å²) in [7, 11) is 0. The SMILES string of the molecule is Nc1cc(C(F)(F)F)ccc1Oc1ccccn1. The molecule has 0 aliphatic carbocycles. The number of alkyl halides is 3. The third-order valence-electron chi connectivity index (χ3n) is 2.19. The lowest BCUT2D eigenvalue weighted by molar-refractivity contribution is -0.137. The molecule has 1 heterocycles. The number of pyridine rings is 1. The van der Waals surface area contributed by atoms with Crippen molar-refractivity contribution < 1.29 is 17.9 Å². The highest BCUT2D eigenvalue weighted by molar-refractivity contribution is 5.55. The Morgan fingerprint density at radius 2 is 1.89 bits per heavy atom. The molecule has 0 aliphatic heterocycles. The van der Waals surface area contributed by atoms with Crippen molar-refractivity contribution in [2.24, 2.45) is 0 Å². The summed E-state index contributed by atoms with van der Waals surface area (Å²) in [6.07, 6.45) is -2.91. The van der Waals surface area contributed by atoms with Gasteiger partial charge >= 0.3 is 6.18 Å². The summed E-state index contributed by atoms with van der Waals surface area (Å²) in [6.45, 7) is 0. The summed E-state index contributed by atoms with van der Waals surface area (Å²) in [5.74, 6) is 0.408. The van der Waals surface area contributed by atoms with Crippen LogP contribution in [0.4, 0.5) is 18.9 Å². The maximum Gasteiger partial charge on any atom is 0.416 e. The molecule has 3 nitrogen and oxygen atoms in total. The van der Waals surface area contributed by atoms with E-state index in [1.807, 2.05) is 0 Å². The first-order valence-electron chi connectivity index (χ1n) is 5.02. The molecule has 0 radical (unpaired) electrons. The highest BCUT2D eigenvalue weighted by Crippen LogP contribution is 2.34. The summed E-state index contributed by atoms with van der Waals surface area (Å²) < 4.78 is 42.5. The number of nitrogen functional groups attached to an aromatic ring is 1. The van der Waals surface area contributed by atoms with Crippen LogP contribution in [0.1, 0.15) is 5.56 Å². The van der Waals surface area contributed by atoms with Crippen LogP contribution in [0, 0.1) is 0 Å². The Balaban J connectivity index is 2.26. The van der Waals surface area contributed by atoms with Gasteiger partial charge in [-0.15, -0.1) is 0 Å². The fraction of sp³-hybridized carbons (Fsp3) is 0.0833. The number of anilines is 1. The normalized spacial score (nSPS) is 11.3. The Morgan fingerprint density at radius 1 is 1.11 bits per heavy atom. The Kier molecular flexibility index (Phi) is 3.10. The molecule has 0 fully saturated rings. The molecular formula is C12H9F3N2O. The second kappa shape index (κ2) is 4.56. The molecule has 1 aromatic heterocycles. The van der Waals surface area contributed by atoms with Crippen LogP contribution in [-0.4, -0.2) is 4.98 Å². The minimum absolute atomic E-state index is 0.0875. The molecule has 0 saturated heterocycles. The van der Waals surface area contributed by atoms with Gasteiger partial charge in [0, 0.05) is 12.3 Å². The van der Waals surface area contributed by atoms with E-state index in [1.54, 1.807) is 18.2 Å². The predicted molar refractivity (Wildman–Crippen MR) is 60.2 cm³/mol. The van der Waals surface area contributed by atoms with Crippen molar-refractivity contribution in [1.82, 2.24) is 4.98 Å². The number of benzene rings is 1. The van der Waals surface area contributed by atoms with Gasteiger partial charge in [0.1, 0.15) is 0 Å². The van der Waals surface area contributed by atoms with E-state index in [-0.39, 0.29) is 17.3 Å². The highest BCUT2D eigenvalue weighted by Gasteiger charge is 2.30. The molecule has 0 bridgehead atoms. The van der Waals surface area contributed by atoms with E-state index in [0.29, 0.717) is 0 Å². The molecular weight excluding hydrogens is 245 g/mol. The van der Waals surface area contributed by atoms with Gasteiger partial charge in [0.2, 0.25) is 5.88 Å². The zero-order chi connectivity index (χ0) is 13.2. The second-order valence-corrected chi connectivity index (χ2v) is 3.52. The van der Waals surface area contributed by atoms with E-state index in [9.17, 15) is 13.2 Å². The third-order valence-corrected chi connectivity index (χ3v) is 2.19. The van der Waals surface area contributed by atoms with Crippen molar-refractivity contribution >= 4 is 5.69 Å². The van der Waals surface area contributed by atoms with Crippen LogP contribution in [-0.2, 0) is 6.18 Å². The highest BCUT2D eigenvalue weighted by atomic mass is 19.4. The van der Waals surface area contributed by atoms with Crippen LogP contribution in [0.5, 0.6) is 11.6 Å². The number of aromatic nitrogens is 1. The number of hydrogen-bond donors (Lipinski definition) is 1. The van der Waals surface area contributed by atoms with E-state index in [2.05, 4.69) is 4.98 Å². The van der Waals surface area contributed by atoms with Gasteiger partial charge in [-0.05, 0) is 24.3 Å². The van der Waals surface area contributed by atoms with Crippen molar-refractivity contribution in [2.75, 3.05) is 5.73 Å². The van der Waals surface area contributed by atoms with Crippen molar-refractivity contribution in [3.63, 3.8) is 0 Å². The van der Waals surface area contributed by atoms with Crippen LogP contribution in [0.3, 0.4) is 0 Å². The lowest BCUT2D eigenvalue weighted by Crippen LogP contribution is -2.06. The van der Waals surface area contributed by atoms with Crippen LogP contribution < -0.4 is 10.5 Å². The summed E-state index contributed by atoms with van der Waals surface area (Å²) >= 11 is 0. The molecule has 18 heavy (non-hydrogen) atoms. The zero-order valence-electron chi connectivity index (χ0n) is 9.11. The molecule has 0 amide bonds. The van der Waals surface area contributed by atoms with Crippen LogP contribution in [0.2, 0.25) is 0 Å². The lowest BCUT2D eigenvalue weighted by atomic mass is 10.2. The van der Waals surface area contributed by atoms with Crippen LogP contribution in [0.25, 0.3) is 0 Å². The fourth-order valence-electron chi connectivity index (χ4n) is 1.34. The topological polar surface area (TPSA) is 48.1 Å². The Morgan fingerprint density at radius 3 is 2.44 bits per heavy atom. The number of halogens is 3.